The zero-order valence-corrected chi connectivity index (χ0v) is 19.4. The smallest absolute Gasteiger partial charge is 0.332 e. The number of sulfonamides is 1. The molecule has 34 heavy (non-hydrogen) atoms. The summed E-state index contributed by atoms with van der Waals surface area (Å²) < 4.78 is 34.1. The number of carbonyl (C=O) groups is 2. The summed E-state index contributed by atoms with van der Waals surface area (Å²) in [5.74, 6) is -1.22. The number of carbonyl (C=O) groups excluding carboxylic acids is 2. The molecule has 0 radical (unpaired) electrons. The lowest BCUT2D eigenvalue weighted by Gasteiger charge is -2.24. The maximum Gasteiger partial charge on any atom is 0.332 e. The predicted molar refractivity (Wildman–Crippen MR) is 129 cm³/mol. The number of esters is 1. The minimum Gasteiger partial charge on any atom is -0.466 e. The molecule has 1 N–H and O–H groups in total. The second-order valence-corrected chi connectivity index (χ2v) is 9.24. The van der Waals surface area contributed by atoms with Crippen LogP contribution < -0.4 is 9.62 Å². The van der Waals surface area contributed by atoms with E-state index in [9.17, 15) is 18.0 Å². The fourth-order valence-corrected chi connectivity index (χ4v) is 4.65. The maximum atomic E-state index is 13.6. The van der Waals surface area contributed by atoms with Crippen LogP contribution in [-0.2, 0) is 24.3 Å². The van der Waals surface area contributed by atoms with Crippen LogP contribution in [0, 0.1) is 6.92 Å². The van der Waals surface area contributed by atoms with Crippen LogP contribution in [0.3, 0.4) is 0 Å². The first-order valence-electron chi connectivity index (χ1n) is 10.4. The Morgan fingerprint density at radius 3 is 2.09 bits per heavy atom. The Labute approximate surface area is 198 Å². The van der Waals surface area contributed by atoms with Gasteiger partial charge in [0, 0.05) is 5.69 Å². The molecule has 0 saturated heterocycles. The Balaban J connectivity index is 1.95. The molecule has 0 aliphatic carbocycles. The first kappa shape index (κ1) is 23.0. The topological polar surface area (TPSA) is 92.8 Å². The van der Waals surface area contributed by atoms with E-state index in [1.165, 1.54) is 24.1 Å². The number of ether oxygens (including phenoxy) is 1. The fraction of sp³-hybridized carbons (Fsp3) is 0.0769. The van der Waals surface area contributed by atoms with E-state index in [0.29, 0.717) is 11.3 Å². The van der Waals surface area contributed by atoms with Crippen molar-refractivity contribution in [3.05, 3.63) is 114 Å². The molecule has 0 aromatic heterocycles. The minimum atomic E-state index is -4.07. The molecule has 8 heteroatoms. The number of hydrogen-bond donors (Lipinski definition) is 1. The third-order valence-electron chi connectivity index (χ3n) is 5.26. The van der Waals surface area contributed by atoms with E-state index in [4.69, 9.17) is 4.74 Å². The highest BCUT2D eigenvalue weighted by Gasteiger charge is 2.39. The number of anilines is 1. The molecule has 0 bridgehead atoms. The van der Waals surface area contributed by atoms with Gasteiger partial charge in [0.15, 0.2) is 0 Å². The van der Waals surface area contributed by atoms with Crippen LogP contribution in [0.5, 0.6) is 0 Å². The Bertz CT molecular complexity index is 1390. The molecule has 3 aromatic rings. The number of hydrogen-bond acceptors (Lipinski definition) is 6. The molecule has 1 heterocycles. The Kier molecular flexibility index (Phi) is 6.34. The number of methoxy groups -OCH3 is 1. The van der Waals surface area contributed by atoms with E-state index < -0.39 is 21.8 Å². The average molecular weight is 475 g/mol. The van der Waals surface area contributed by atoms with Crippen molar-refractivity contribution < 1.29 is 22.7 Å². The second-order valence-electron chi connectivity index (χ2n) is 7.56. The highest BCUT2D eigenvalue weighted by molar-refractivity contribution is 7.89. The van der Waals surface area contributed by atoms with Crippen molar-refractivity contribution in [1.82, 2.24) is 4.72 Å². The standard InChI is InChI=1S/C26H22N2O5S/c1-18-13-15-21(16-14-18)34(31,32)27-26-24(19-9-5-3-6-10-19)25(30)22(17-23(29)33-2)28(26)20-11-7-4-8-12-20/h3-17,27H,1-2H3/b22-17+. The van der Waals surface area contributed by atoms with Gasteiger partial charge >= 0.3 is 5.97 Å². The minimum absolute atomic E-state index is 0.0260. The lowest BCUT2D eigenvalue weighted by atomic mass is 10.0. The SMILES string of the molecule is COC(=O)/C=C1\C(=O)C(c2ccccc2)=C(NS(=O)(=O)c2ccc(C)cc2)N1c1ccccc1. The van der Waals surface area contributed by atoms with E-state index in [-0.39, 0.29) is 22.0 Å². The number of allylic oxidation sites excluding steroid dienone is 1. The summed E-state index contributed by atoms with van der Waals surface area (Å²) in [5.41, 5.74) is 2.00. The van der Waals surface area contributed by atoms with Crippen LogP contribution in [0.25, 0.3) is 5.57 Å². The van der Waals surface area contributed by atoms with Gasteiger partial charge in [0.2, 0.25) is 5.78 Å². The van der Waals surface area contributed by atoms with E-state index in [1.807, 2.05) is 6.92 Å². The van der Waals surface area contributed by atoms with Gasteiger partial charge < -0.3 is 4.74 Å². The first-order chi connectivity index (χ1) is 16.3. The molecule has 0 amide bonds. The number of para-hydroxylation sites is 1. The molecule has 1 aliphatic heterocycles. The second kappa shape index (κ2) is 9.36. The number of ketones is 1. The van der Waals surface area contributed by atoms with Crippen molar-refractivity contribution in [3.8, 4) is 0 Å². The van der Waals surface area contributed by atoms with Gasteiger partial charge in [0.1, 0.15) is 11.5 Å². The number of Topliss-reactive ketones (excluding diaryl/α,β-unsaturated/α-hetero) is 1. The van der Waals surface area contributed by atoms with Crippen molar-refractivity contribution in [2.24, 2.45) is 0 Å². The largest absolute Gasteiger partial charge is 0.466 e. The molecule has 1 aliphatic rings. The van der Waals surface area contributed by atoms with Crippen LogP contribution in [0.15, 0.2) is 107 Å². The van der Waals surface area contributed by atoms with Crippen LogP contribution in [0.4, 0.5) is 5.69 Å². The van der Waals surface area contributed by atoms with Gasteiger partial charge in [-0.25, -0.2) is 13.2 Å². The summed E-state index contributed by atoms with van der Waals surface area (Å²) in [5, 5.41) is 0. The Morgan fingerprint density at radius 2 is 1.50 bits per heavy atom. The molecule has 0 spiro atoms. The molecular weight excluding hydrogens is 452 g/mol. The quantitative estimate of drug-likeness (QED) is 0.432. The van der Waals surface area contributed by atoms with Crippen LogP contribution >= 0.6 is 0 Å². The summed E-state index contributed by atoms with van der Waals surface area (Å²) in [6.45, 7) is 1.86. The normalized spacial score (nSPS) is 15.1. The fourth-order valence-electron chi connectivity index (χ4n) is 3.59. The average Bonchev–Trinajstić information content (AvgIpc) is 3.10. The number of nitrogens with one attached hydrogen (secondary N) is 1. The predicted octanol–water partition coefficient (Wildman–Crippen LogP) is 3.79. The van der Waals surface area contributed by atoms with Gasteiger partial charge in [-0.2, -0.15) is 0 Å². The zero-order valence-electron chi connectivity index (χ0n) is 18.6. The number of rotatable bonds is 6. The van der Waals surface area contributed by atoms with Gasteiger partial charge in [-0.3, -0.25) is 14.4 Å². The van der Waals surface area contributed by atoms with Crippen molar-refractivity contribution in [2.45, 2.75) is 11.8 Å². The van der Waals surface area contributed by atoms with E-state index >= 15 is 0 Å². The molecular formula is C26H22N2O5S. The summed E-state index contributed by atoms with van der Waals surface area (Å²) in [6.07, 6.45) is 1.06. The van der Waals surface area contributed by atoms with E-state index in [2.05, 4.69) is 4.72 Å². The van der Waals surface area contributed by atoms with Crippen LogP contribution in [0.1, 0.15) is 11.1 Å². The summed E-state index contributed by atoms with van der Waals surface area (Å²) in [6, 6.07) is 23.8. The lowest BCUT2D eigenvalue weighted by molar-refractivity contribution is -0.135. The lowest BCUT2D eigenvalue weighted by Crippen LogP contribution is -2.33. The molecule has 0 atom stereocenters. The van der Waals surface area contributed by atoms with Crippen LogP contribution in [-0.4, -0.2) is 27.3 Å². The Hall–Kier alpha value is -4.17. The van der Waals surface area contributed by atoms with Crippen molar-refractivity contribution in [1.29, 1.82) is 0 Å². The van der Waals surface area contributed by atoms with Gasteiger partial charge in [-0.15, -0.1) is 0 Å². The third-order valence-corrected chi connectivity index (χ3v) is 6.61. The van der Waals surface area contributed by atoms with E-state index in [0.717, 1.165) is 11.6 Å². The van der Waals surface area contributed by atoms with Crippen LogP contribution in [0.2, 0.25) is 0 Å². The monoisotopic (exact) mass is 474 g/mol. The van der Waals surface area contributed by atoms with Gasteiger partial charge in [0.25, 0.3) is 10.0 Å². The maximum absolute atomic E-state index is 13.6. The highest BCUT2D eigenvalue weighted by atomic mass is 32.2. The van der Waals surface area contributed by atoms with E-state index in [1.54, 1.807) is 72.8 Å². The summed E-state index contributed by atoms with van der Waals surface area (Å²) in [7, 11) is -2.86. The summed E-state index contributed by atoms with van der Waals surface area (Å²) >= 11 is 0. The van der Waals surface area contributed by atoms with Gasteiger partial charge in [0.05, 0.1) is 23.7 Å². The summed E-state index contributed by atoms with van der Waals surface area (Å²) in [4.78, 5) is 27.2. The van der Waals surface area contributed by atoms with Crippen molar-refractivity contribution in [2.75, 3.05) is 12.0 Å². The zero-order chi connectivity index (χ0) is 24.3. The molecule has 0 fully saturated rings. The van der Waals surface area contributed by atoms with Crippen molar-refractivity contribution >= 4 is 33.0 Å². The molecule has 3 aromatic carbocycles. The third kappa shape index (κ3) is 4.49. The van der Waals surface area contributed by atoms with Gasteiger partial charge in [-0.1, -0.05) is 66.2 Å². The molecule has 4 rings (SSSR count). The molecule has 0 saturated carbocycles. The number of benzene rings is 3. The number of aryl methyl sites for hydroxylation is 1. The molecule has 172 valence electrons. The highest BCUT2D eigenvalue weighted by Crippen LogP contribution is 2.38. The Morgan fingerprint density at radius 1 is 0.912 bits per heavy atom. The molecule has 7 nitrogen and oxygen atoms in total. The van der Waals surface area contributed by atoms with Crippen molar-refractivity contribution in [3.63, 3.8) is 0 Å². The first-order valence-corrected chi connectivity index (χ1v) is 11.9. The van der Waals surface area contributed by atoms with Gasteiger partial charge in [-0.05, 0) is 36.8 Å². The number of nitrogens with zero attached hydrogens (tertiary/aromatic N) is 1. The molecule has 0 unspecified atom stereocenters.